The Morgan fingerprint density at radius 1 is 1.35 bits per heavy atom. The van der Waals surface area contributed by atoms with Crippen molar-refractivity contribution in [1.82, 2.24) is 5.06 Å². The van der Waals surface area contributed by atoms with E-state index in [0.717, 1.165) is 6.42 Å². The molecule has 0 saturated carbocycles. The van der Waals surface area contributed by atoms with Crippen LogP contribution in [-0.4, -0.2) is 22.8 Å². The van der Waals surface area contributed by atoms with Crippen LogP contribution in [0.5, 0.6) is 0 Å². The molecule has 5 nitrogen and oxygen atoms in total. The van der Waals surface area contributed by atoms with E-state index in [2.05, 4.69) is 0 Å². The Morgan fingerprint density at radius 3 is 2.35 bits per heavy atom. The van der Waals surface area contributed by atoms with Gasteiger partial charge in [-0.15, -0.1) is 5.06 Å². The summed E-state index contributed by atoms with van der Waals surface area (Å²) < 4.78 is 0. The van der Waals surface area contributed by atoms with Gasteiger partial charge in [-0.1, -0.05) is 19.9 Å². The summed E-state index contributed by atoms with van der Waals surface area (Å²) >= 11 is 0. The van der Waals surface area contributed by atoms with Gasteiger partial charge in [-0.25, -0.2) is 4.79 Å². The quantitative estimate of drug-likeness (QED) is 0.552. The summed E-state index contributed by atoms with van der Waals surface area (Å²) in [5.74, 6) is -1.12. The normalized spacial score (nSPS) is 16.9. The topological polar surface area (TPSA) is 63.7 Å². The van der Waals surface area contributed by atoms with Gasteiger partial charge in [-0.2, -0.15) is 0 Å². The predicted molar refractivity (Wildman–Crippen MR) is 60.4 cm³/mol. The van der Waals surface area contributed by atoms with E-state index in [1.54, 1.807) is 13.0 Å². The number of carbonyl (C=O) groups is 3. The molecule has 0 aliphatic carbocycles. The maximum absolute atomic E-state index is 11.6. The fourth-order valence-corrected chi connectivity index (χ4v) is 1.31. The van der Waals surface area contributed by atoms with Crippen LogP contribution < -0.4 is 0 Å². The van der Waals surface area contributed by atoms with E-state index in [1.165, 1.54) is 0 Å². The van der Waals surface area contributed by atoms with Crippen molar-refractivity contribution in [3.8, 4) is 0 Å². The Balaban J connectivity index is 2.57. The molecule has 1 saturated heterocycles. The van der Waals surface area contributed by atoms with E-state index in [0.29, 0.717) is 16.6 Å². The van der Waals surface area contributed by atoms with Crippen LogP contribution in [0.4, 0.5) is 0 Å². The predicted octanol–water partition coefficient (Wildman–Crippen LogP) is 1.59. The van der Waals surface area contributed by atoms with Gasteiger partial charge in [-0.05, 0) is 19.3 Å². The average Bonchev–Trinajstić information content (AvgIpc) is 2.57. The number of hydrogen-bond donors (Lipinski definition) is 0. The van der Waals surface area contributed by atoms with Crippen molar-refractivity contribution in [1.29, 1.82) is 0 Å². The molecule has 17 heavy (non-hydrogen) atoms. The Labute approximate surface area is 100 Å². The van der Waals surface area contributed by atoms with Crippen LogP contribution in [-0.2, 0) is 19.2 Å². The SMILES string of the molecule is CC(=CCC(C)C)C(=O)ON1C(=O)CCC1=O. The smallest absolute Gasteiger partial charge is 0.325 e. The summed E-state index contributed by atoms with van der Waals surface area (Å²) in [5.41, 5.74) is 0.409. The van der Waals surface area contributed by atoms with Crippen LogP contribution in [0.15, 0.2) is 11.6 Å². The lowest BCUT2D eigenvalue weighted by molar-refractivity contribution is -0.194. The Bertz CT molecular complexity index is 355. The third-order valence-corrected chi connectivity index (χ3v) is 2.40. The molecule has 0 unspecified atom stereocenters. The van der Waals surface area contributed by atoms with Gasteiger partial charge in [0.05, 0.1) is 0 Å². The second-order valence-corrected chi connectivity index (χ2v) is 4.48. The first-order valence-corrected chi connectivity index (χ1v) is 5.66. The fourth-order valence-electron chi connectivity index (χ4n) is 1.31. The number of hydrogen-bond acceptors (Lipinski definition) is 4. The number of amides is 2. The lowest BCUT2D eigenvalue weighted by Gasteiger charge is -2.12. The molecule has 0 bridgehead atoms. The summed E-state index contributed by atoms with van der Waals surface area (Å²) in [6, 6.07) is 0. The summed E-state index contributed by atoms with van der Waals surface area (Å²) in [4.78, 5) is 38.8. The zero-order valence-corrected chi connectivity index (χ0v) is 10.4. The molecule has 2 amide bonds. The highest BCUT2D eigenvalue weighted by Crippen LogP contribution is 2.14. The van der Waals surface area contributed by atoms with Gasteiger partial charge in [0.15, 0.2) is 0 Å². The molecular weight excluding hydrogens is 222 g/mol. The van der Waals surface area contributed by atoms with Crippen LogP contribution in [0.1, 0.15) is 40.0 Å². The van der Waals surface area contributed by atoms with Crippen LogP contribution in [0.3, 0.4) is 0 Å². The van der Waals surface area contributed by atoms with E-state index < -0.39 is 17.8 Å². The monoisotopic (exact) mass is 239 g/mol. The molecule has 0 aromatic rings. The van der Waals surface area contributed by atoms with Crippen LogP contribution in [0, 0.1) is 5.92 Å². The van der Waals surface area contributed by atoms with Gasteiger partial charge in [0.25, 0.3) is 11.8 Å². The van der Waals surface area contributed by atoms with Gasteiger partial charge >= 0.3 is 5.97 Å². The first-order chi connectivity index (χ1) is 7.91. The highest BCUT2D eigenvalue weighted by molar-refractivity contribution is 6.02. The molecule has 1 aliphatic rings. The van der Waals surface area contributed by atoms with Gasteiger partial charge in [0.2, 0.25) is 0 Å². The maximum Gasteiger partial charge on any atom is 0.359 e. The molecule has 0 radical (unpaired) electrons. The van der Waals surface area contributed by atoms with E-state index in [9.17, 15) is 14.4 Å². The third kappa shape index (κ3) is 3.69. The molecule has 0 aromatic heterocycles. The largest absolute Gasteiger partial charge is 0.359 e. The molecule has 1 rings (SSSR count). The molecule has 0 spiro atoms. The second kappa shape index (κ2) is 5.61. The molecule has 0 atom stereocenters. The Hall–Kier alpha value is -1.65. The zero-order chi connectivity index (χ0) is 13.0. The molecule has 1 heterocycles. The maximum atomic E-state index is 11.6. The van der Waals surface area contributed by atoms with Crippen LogP contribution >= 0.6 is 0 Å². The number of rotatable bonds is 4. The van der Waals surface area contributed by atoms with Crippen molar-refractivity contribution < 1.29 is 19.2 Å². The van der Waals surface area contributed by atoms with E-state index in [-0.39, 0.29) is 12.8 Å². The van der Waals surface area contributed by atoms with E-state index >= 15 is 0 Å². The number of hydroxylamine groups is 2. The fraction of sp³-hybridized carbons (Fsp3) is 0.583. The highest BCUT2D eigenvalue weighted by Gasteiger charge is 2.32. The minimum Gasteiger partial charge on any atom is -0.325 e. The van der Waals surface area contributed by atoms with Crippen molar-refractivity contribution in [3.05, 3.63) is 11.6 Å². The highest BCUT2D eigenvalue weighted by atomic mass is 16.7. The minimum absolute atomic E-state index is 0.112. The number of imide groups is 1. The van der Waals surface area contributed by atoms with Crippen molar-refractivity contribution in [3.63, 3.8) is 0 Å². The third-order valence-electron chi connectivity index (χ3n) is 2.40. The summed E-state index contributed by atoms with van der Waals surface area (Å²) in [5, 5.41) is 0.565. The van der Waals surface area contributed by atoms with Crippen molar-refractivity contribution in [2.24, 2.45) is 5.92 Å². The van der Waals surface area contributed by atoms with Crippen molar-refractivity contribution >= 4 is 17.8 Å². The summed E-state index contributed by atoms with van der Waals surface area (Å²) in [7, 11) is 0. The van der Waals surface area contributed by atoms with Crippen molar-refractivity contribution in [2.75, 3.05) is 0 Å². The van der Waals surface area contributed by atoms with Gasteiger partial charge in [-0.3, -0.25) is 9.59 Å². The summed E-state index contributed by atoms with van der Waals surface area (Å²) in [6.45, 7) is 5.67. The minimum atomic E-state index is -0.644. The molecule has 1 aliphatic heterocycles. The number of carbonyl (C=O) groups excluding carboxylic acids is 3. The van der Waals surface area contributed by atoms with E-state index in [1.807, 2.05) is 13.8 Å². The van der Waals surface area contributed by atoms with E-state index in [4.69, 9.17) is 4.84 Å². The standard InChI is InChI=1S/C12H17NO4/c1-8(2)4-5-9(3)12(16)17-13-10(14)6-7-11(13)15/h5,8H,4,6-7H2,1-3H3. The van der Waals surface area contributed by atoms with Gasteiger partial charge in [0, 0.05) is 18.4 Å². The first kappa shape index (κ1) is 13.4. The lowest BCUT2D eigenvalue weighted by atomic mass is 10.1. The average molecular weight is 239 g/mol. The van der Waals surface area contributed by atoms with Crippen LogP contribution in [0.2, 0.25) is 0 Å². The first-order valence-electron chi connectivity index (χ1n) is 5.66. The number of allylic oxidation sites excluding steroid dienone is 1. The van der Waals surface area contributed by atoms with Crippen molar-refractivity contribution in [2.45, 2.75) is 40.0 Å². The number of nitrogens with zero attached hydrogens (tertiary/aromatic N) is 1. The molecule has 0 aromatic carbocycles. The molecule has 1 fully saturated rings. The Morgan fingerprint density at radius 2 is 1.88 bits per heavy atom. The van der Waals surface area contributed by atoms with Gasteiger partial charge in [0.1, 0.15) is 0 Å². The molecular formula is C12H17NO4. The Kier molecular flexibility index (Phi) is 4.43. The second-order valence-electron chi connectivity index (χ2n) is 4.48. The molecule has 94 valence electrons. The summed E-state index contributed by atoms with van der Waals surface area (Å²) in [6.07, 6.45) is 2.72. The molecule has 5 heteroatoms. The lowest BCUT2D eigenvalue weighted by Crippen LogP contribution is -2.32. The zero-order valence-electron chi connectivity index (χ0n) is 10.4. The van der Waals surface area contributed by atoms with Crippen LogP contribution in [0.25, 0.3) is 0 Å². The van der Waals surface area contributed by atoms with Gasteiger partial charge < -0.3 is 4.84 Å². The molecule has 0 N–H and O–H groups in total.